The molecule has 0 aromatic heterocycles. The van der Waals surface area contributed by atoms with Crippen molar-refractivity contribution in [3.8, 4) is 0 Å². The monoisotopic (exact) mass is 290 g/mol. The van der Waals surface area contributed by atoms with Crippen LogP contribution in [-0.2, 0) is 26.2 Å². The second-order valence-corrected chi connectivity index (χ2v) is 3.62. The van der Waals surface area contributed by atoms with E-state index in [1.807, 2.05) is 0 Å². The molecule has 0 radical (unpaired) electrons. The van der Waals surface area contributed by atoms with Crippen molar-refractivity contribution in [3.05, 3.63) is 37.6 Å². The summed E-state index contributed by atoms with van der Waals surface area (Å²) in [5.41, 5.74) is 4.39. The second-order valence-electron chi connectivity index (χ2n) is 3.62. The van der Waals surface area contributed by atoms with Crippen LogP contribution in [0.4, 0.5) is 0 Å². The molecule has 0 fully saturated rings. The first-order valence-electron chi connectivity index (χ1n) is 3.75. The first-order valence-corrected chi connectivity index (χ1v) is 3.75. The van der Waals surface area contributed by atoms with E-state index in [2.05, 4.69) is 40.7 Å². The summed E-state index contributed by atoms with van der Waals surface area (Å²) in [4.78, 5) is 0. The van der Waals surface area contributed by atoms with E-state index in [0.29, 0.717) is 0 Å². The fraction of sp³-hybridized carbons (Fsp3) is 0.500. The maximum atomic E-state index is 3.44. The minimum absolute atomic E-state index is 0. The first-order chi connectivity index (χ1) is 4.45. The van der Waals surface area contributed by atoms with Crippen LogP contribution in [0.2, 0.25) is 0 Å². The van der Waals surface area contributed by atoms with Crippen molar-refractivity contribution in [3.63, 3.8) is 0 Å². The quantitative estimate of drug-likeness (QED) is 0.585. The van der Waals surface area contributed by atoms with E-state index in [4.69, 9.17) is 0 Å². The molecule has 0 N–H and O–H groups in total. The molecular formula is C12H21ClZr. The molecule has 0 bridgehead atoms. The maximum Gasteiger partial charge on any atom is 4.00 e. The number of allylic oxidation sites excluding steroid dienone is 4. The molecule has 0 spiro atoms. The number of rotatable bonds is 0. The van der Waals surface area contributed by atoms with Crippen molar-refractivity contribution in [2.24, 2.45) is 5.41 Å². The van der Waals surface area contributed by atoms with Gasteiger partial charge in [-0.1, -0.05) is 33.1 Å². The molecule has 14 heavy (non-hydrogen) atoms. The van der Waals surface area contributed by atoms with E-state index in [-0.39, 0.29) is 58.9 Å². The Morgan fingerprint density at radius 1 is 1.00 bits per heavy atom. The maximum absolute atomic E-state index is 3.44. The summed E-state index contributed by atoms with van der Waals surface area (Å²) in [6, 6.07) is 0. The summed E-state index contributed by atoms with van der Waals surface area (Å²) >= 11 is 0. The van der Waals surface area contributed by atoms with Crippen LogP contribution in [0.5, 0.6) is 0 Å². The molecule has 0 aliphatic heterocycles. The van der Waals surface area contributed by atoms with Crippen molar-refractivity contribution >= 4 is 0 Å². The van der Waals surface area contributed by atoms with E-state index in [9.17, 15) is 0 Å². The Balaban J connectivity index is -0.000000125. The van der Waals surface area contributed by atoms with Gasteiger partial charge in [0.15, 0.2) is 0 Å². The van der Waals surface area contributed by atoms with E-state index >= 15 is 0 Å². The predicted octanol–water partition coefficient (Wildman–Crippen LogP) is 1.01. The van der Waals surface area contributed by atoms with Gasteiger partial charge in [-0.15, -0.1) is 6.92 Å². The first kappa shape index (κ1) is 24.1. The zero-order valence-corrected chi connectivity index (χ0v) is 13.6. The standard InChI is InChI=1S/C10H15.2CH3.ClH.Zr/c1-7-6-10(4,5)9(3)8(7)2;;;;/h1-5H3;2*1H3;1H;/q3*-1;;+4/p-1. The van der Waals surface area contributed by atoms with E-state index in [0.717, 1.165) is 0 Å². The Hall–Kier alpha value is 0.653. The van der Waals surface area contributed by atoms with Crippen LogP contribution >= 0.6 is 0 Å². The van der Waals surface area contributed by atoms with Crippen LogP contribution in [-0.4, -0.2) is 0 Å². The molecule has 0 aromatic rings. The number of hydrogen-bond acceptors (Lipinski definition) is 0. The van der Waals surface area contributed by atoms with Crippen LogP contribution in [0.3, 0.4) is 0 Å². The fourth-order valence-electron chi connectivity index (χ4n) is 1.41. The summed E-state index contributed by atoms with van der Waals surface area (Å²) in [6.45, 7) is 10.9. The Morgan fingerprint density at radius 2 is 1.36 bits per heavy atom. The molecule has 1 aliphatic carbocycles. The van der Waals surface area contributed by atoms with Crippen molar-refractivity contribution in [2.45, 2.75) is 34.6 Å². The smallest absolute Gasteiger partial charge is 1.00 e. The molecule has 0 aromatic carbocycles. The Labute approximate surface area is 116 Å². The minimum Gasteiger partial charge on any atom is -1.00 e. The van der Waals surface area contributed by atoms with Gasteiger partial charge in [0.25, 0.3) is 0 Å². The predicted molar refractivity (Wildman–Crippen MR) is 57.4 cm³/mol. The summed E-state index contributed by atoms with van der Waals surface area (Å²) in [5, 5.41) is 0. The molecular weight excluding hydrogens is 271 g/mol. The van der Waals surface area contributed by atoms with Gasteiger partial charge in [0.2, 0.25) is 0 Å². The molecule has 0 saturated heterocycles. The van der Waals surface area contributed by atoms with E-state index in [1.54, 1.807) is 0 Å². The second kappa shape index (κ2) is 7.88. The molecule has 0 saturated carbocycles. The molecule has 0 nitrogen and oxygen atoms in total. The summed E-state index contributed by atoms with van der Waals surface area (Å²) in [5.74, 6) is 0. The fourth-order valence-corrected chi connectivity index (χ4v) is 1.41. The van der Waals surface area contributed by atoms with Crippen LogP contribution in [0, 0.1) is 26.3 Å². The normalized spacial score (nSPS) is 16.8. The van der Waals surface area contributed by atoms with Crippen LogP contribution in [0.15, 0.2) is 16.7 Å². The van der Waals surface area contributed by atoms with Gasteiger partial charge in [-0.2, -0.15) is 11.1 Å². The van der Waals surface area contributed by atoms with Gasteiger partial charge in [0.1, 0.15) is 0 Å². The molecule has 0 amide bonds. The van der Waals surface area contributed by atoms with Gasteiger partial charge < -0.3 is 27.3 Å². The zero-order chi connectivity index (χ0) is 7.94. The molecule has 80 valence electrons. The summed E-state index contributed by atoms with van der Waals surface area (Å²) < 4.78 is 0. The van der Waals surface area contributed by atoms with Crippen LogP contribution in [0.25, 0.3) is 0 Å². The Kier molecular flexibility index (Phi) is 13.6. The van der Waals surface area contributed by atoms with Crippen LogP contribution in [0.1, 0.15) is 34.6 Å². The van der Waals surface area contributed by atoms with E-state index in [1.165, 1.54) is 16.7 Å². The third kappa shape index (κ3) is 4.45. The minimum atomic E-state index is 0. The molecule has 2 heteroatoms. The van der Waals surface area contributed by atoms with Crippen molar-refractivity contribution in [2.75, 3.05) is 0 Å². The average molecular weight is 292 g/mol. The largest absolute Gasteiger partial charge is 4.00 e. The van der Waals surface area contributed by atoms with Crippen molar-refractivity contribution in [1.29, 1.82) is 0 Å². The SMILES string of the molecule is CC1=[C-]C(C)(C)C(C)=C1C.[CH3-].[CH3-].[Cl-].[Zr+4]. The summed E-state index contributed by atoms with van der Waals surface area (Å²) in [7, 11) is 0. The van der Waals surface area contributed by atoms with Gasteiger partial charge in [0, 0.05) is 0 Å². The van der Waals surface area contributed by atoms with Crippen molar-refractivity contribution < 1.29 is 38.6 Å². The Morgan fingerprint density at radius 3 is 1.43 bits per heavy atom. The number of hydrogen-bond donors (Lipinski definition) is 0. The average Bonchev–Trinajstić information content (AvgIpc) is 1.95. The molecule has 0 unspecified atom stereocenters. The molecule has 1 aliphatic rings. The molecule has 1 rings (SSSR count). The molecule has 0 atom stereocenters. The topological polar surface area (TPSA) is 0 Å². The van der Waals surface area contributed by atoms with Crippen LogP contribution < -0.4 is 12.4 Å². The van der Waals surface area contributed by atoms with Crippen molar-refractivity contribution in [1.82, 2.24) is 0 Å². The number of halogens is 1. The van der Waals surface area contributed by atoms with Gasteiger partial charge in [-0.25, -0.2) is 5.57 Å². The zero-order valence-electron chi connectivity index (χ0n) is 10.4. The van der Waals surface area contributed by atoms with Gasteiger partial charge in [-0.3, -0.25) is 6.08 Å². The van der Waals surface area contributed by atoms with Gasteiger partial charge >= 0.3 is 26.2 Å². The van der Waals surface area contributed by atoms with E-state index < -0.39 is 0 Å². The Bertz CT molecular complexity index is 224. The summed E-state index contributed by atoms with van der Waals surface area (Å²) in [6.07, 6.45) is 3.44. The molecule has 0 heterocycles. The van der Waals surface area contributed by atoms with Gasteiger partial charge in [-0.05, 0) is 0 Å². The third-order valence-electron chi connectivity index (χ3n) is 2.56. The van der Waals surface area contributed by atoms with Gasteiger partial charge in [0.05, 0.1) is 0 Å². The third-order valence-corrected chi connectivity index (χ3v) is 2.56.